The lowest BCUT2D eigenvalue weighted by Crippen LogP contribution is -2.44. The van der Waals surface area contributed by atoms with E-state index in [1.165, 1.54) is 0 Å². The Kier molecular flexibility index (Phi) is 3.04. The molecule has 0 aliphatic carbocycles. The highest BCUT2D eigenvalue weighted by Crippen LogP contribution is 2.36. The average Bonchev–Trinajstić information content (AvgIpc) is 2.00. The Bertz CT molecular complexity index is 347. The third-order valence-corrected chi connectivity index (χ3v) is 7.11. The van der Waals surface area contributed by atoms with Crippen LogP contribution in [0.5, 0.6) is 6.01 Å². The molecular formula is C10H19N3OSi. The van der Waals surface area contributed by atoms with Crippen LogP contribution in [-0.2, 0) is 0 Å². The van der Waals surface area contributed by atoms with Crippen molar-refractivity contribution >= 4 is 14.1 Å². The van der Waals surface area contributed by atoms with Crippen LogP contribution in [-0.4, -0.2) is 18.3 Å². The van der Waals surface area contributed by atoms with Gasteiger partial charge in [-0.1, -0.05) is 20.8 Å². The van der Waals surface area contributed by atoms with Crippen LogP contribution in [0.15, 0.2) is 12.3 Å². The highest BCUT2D eigenvalue weighted by Gasteiger charge is 2.39. The minimum absolute atomic E-state index is 0.140. The molecule has 0 saturated heterocycles. The normalized spacial score (nSPS) is 12.6. The van der Waals surface area contributed by atoms with E-state index in [0.717, 1.165) is 0 Å². The fraction of sp³-hybridized carbons (Fsp3) is 0.600. The summed E-state index contributed by atoms with van der Waals surface area (Å²) in [6.45, 7) is 10.8. The Hall–Kier alpha value is -1.10. The van der Waals surface area contributed by atoms with Gasteiger partial charge >= 0.3 is 6.01 Å². The van der Waals surface area contributed by atoms with Gasteiger partial charge in [-0.05, 0) is 24.2 Å². The predicted octanol–water partition coefficient (Wildman–Crippen LogP) is 2.44. The molecule has 2 N–H and O–H groups in total. The van der Waals surface area contributed by atoms with E-state index in [0.29, 0.717) is 11.8 Å². The molecule has 0 amide bonds. The summed E-state index contributed by atoms with van der Waals surface area (Å²) in [6, 6.07) is 2.04. The molecule has 5 heteroatoms. The van der Waals surface area contributed by atoms with Crippen molar-refractivity contribution in [3.8, 4) is 6.01 Å². The molecule has 0 aliphatic rings. The van der Waals surface area contributed by atoms with Gasteiger partial charge in [0.25, 0.3) is 8.32 Å². The second kappa shape index (κ2) is 3.81. The molecule has 1 aromatic rings. The van der Waals surface area contributed by atoms with E-state index in [1.54, 1.807) is 12.3 Å². The maximum atomic E-state index is 5.88. The first-order valence-electron chi connectivity index (χ1n) is 5.00. The molecule has 0 spiro atoms. The van der Waals surface area contributed by atoms with Gasteiger partial charge in [-0.2, -0.15) is 4.98 Å². The van der Waals surface area contributed by atoms with E-state index < -0.39 is 8.32 Å². The SMILES string of the molecule is CC(C)(C)[Si](C)(C)Oc1nccc(N)n1. The van der Waals surface area contributed by atoms with Crippen molar-refractivity contribution in [2.75, 3.05) is 5.73 Å². The van der Waals surface area contributed by atoms with Gasteiger partial charge in [0.05, 0.1) is 0 Å². The summed E-state index contributed by atoms with van der Waals surface area (Å²) < 4.78 is 5.88. The number of hydrogen-bond acceptors (Lipinski definition) is 4. The molecule has 0 aliphatic heterocycles. The van der Waals surface area contributed by atoms with Crippen molar-refractivity contribution in [1.82, 2.24) is 9.97 Å². The molecule has 0 saturated carbocycles. The quantitative estimate of drug-likeness (QED) is 0.785. The van der Waals surface area contributed by atoms with E-state index in [1.807, 2.05) is 0 Å². The van der Waals surface area contributed by atoms with Gasteiger partial charge in [-0.3, -0.25) is 0 Å². The Morgan fingerprint density at radius 3 is 2.40 bits per heavy atom. The van der Waals surface area contributed by atoms with Crippen LogP contribution in [0.2, 0.25) is 18.1 Å². The molecular weight excluding hydrogens is 206 g/mol. The number of hydrogen-bond donors (Lipinski definition) is 1. The Labute approximate surface area is 92.0 Å². The Morgan fingerprint density at radius 1 is 1.33 bits per heavy atom. The van der Waals surface area contributed by atoms with Gasteiger partial charge in [0.2, 0.25) is 0 Å². The minimum Gasteiger partial charge on any atom is -0.517 e. The average molecular weight is 225 g/mol. The second-order valence-corrected chi connectivity index (χ2v) is 9.85. The monoisotopic (exact) mass is 225 g/mol. The number of anilines is 1. The summed E-state index contributed by atoms with van der Waals surface area (Å²) in [5.41, 5.74) is 5.57. The lowest BCUT2D eigenvalue weighted by molar-refractivity contribution is 0.459. The van der Waals surface area contributed by atoms with Crippen molar-refractivity contribution in [2.24, 2.45) is 0 Å². The van der Waals surface area contributed by atoms with Crippen LogP contribution in [0.4, 0.5) is 5.82 Å². The van der Waals surface area contributed by atoms with Crippen molar-refractivity contribution in [2.45, 2.75) is 38.9 Å². The lowest BCUT2D eigenvalue weighted by atomic mass is 10.2. The zero-order chi connectivity index (χ0) is 11.7. The molecule has 0 radical (unpaired) electrons. The summed E-state index contributed by atoms with van der Waals surface area (Å²) in [7, 11) is -1.85. The number of nitrogens with two attached hydrogens (primary N) is 1. The fourth-order valence-electron chi connectivity index (χ4n) is 0.784. The van der Waals surface area contributed by atoms with E-state index in [4.69, 9.17) is 10.2 Å². The number of nitrogen functional groups attached to an aromatic ring is 1. The molecule has 84 valence electrons. The Morgan fingerprint density at radius 2 is 1.93 bits per heavy atom. The third kappa shape index (κ3) is 2.92. The molecule has 0 bridgehead atoms. The fourth-order valence-corrected chi connectivity index (χ4v) is 1.65. The van der Waals surface area contributed by atoms with Gasteiger partial charge in [0.1, 0.15) is 5.82 Å². The second-order valence-electron chi connectivity index (χ2n) is 5.13. The number of nitrogens with zero attached hydrogens (tertiary/aromatic N) is 2. The molecule has 0 unspecified atom stereocenters. The highest BCUT2D eigenvalue weighted by molar-refractivity contribution is 6.74. The molecule has 0 fully saturated rings. The molecule has 1 heterocycles. The van der Waals surface area contributed by atoms with Crippen LogP contribution in [0.25, 0.3) is 0 Å². The molecule has 15 heavy (non-hydrogen) atoms. The molecule has 4 nitrogen and oxygen atoms in total. The highest BCUT2D eigenvalue weighted by atomic mass is 28.4. The van der Waals surface area contributed by atoms with Gasteiger partial charge in [0.15, 0.2) is 0 Å². The third-order valence-electron chi connectivity index (χ3n) is 2.81. The van der Waals surface area contributed by atoms with E-state index in [2.05, 4.69) is 43.8 Å². The molecule has 1 rings (SSSR count). The van der Waals surface area contributed by atoms with Crippen molar-refractivity contribution in [3.63, 3.8) is 0 Å². The van der Waals surface area contributed by atoms with Crippen LogP contribution >= 0.6 is 0 Å². The molecule has 0 aromatic carbocycles. The first kappa shape index (κ1) is 12.0. The summed E-state index contributed by atoms with van der Waals surface area (Å²) in [4.78, 5) is 8.11. The van der Waals surface area contributed by atoms with E-state index in [9.17, 15) is 0 Å². The standard InChI is InChI=1S/C10H19N3OSi/c1-10(2,3)15(4,5)14-9-12-7-6-8(11)13-9/h6-7H,1-5H3,(H2,11,12,13). The van der Waals surface area contributed by atoms with Gasteiger partial charge in [-0.15, -0.1) is 0 Å². The van der Waals surface area contributed by atoms with Crippen LogP contribution in [0.3, 0.4) is 0 Å². The summed E-state index contributed by atoms with van der Waals surface area (Å²) in [6.07, 6.45) is 1.62. The maximum Gasteiger partial charge on any atom is 0.304 e. The maximum absolute atomic E-state index is 5.88. The van der Waals surface area contributed by atoms with Crippen molar-refractivity contribution in [3.05, 3.63) is 12.3 Å². The number of rotatable bonds is 2. The minimum atomic E-state index is -1.85. The van der Waals surface area contributed by atoms with E-state index in [-0.39, 0.29) is 5.04 Å². The lowest BCUT2D eigenvalue weighted by Gasteiger charge is -2.35. The van der Waals surface area contributed by atoms with Gasteiger partial charge in [-0.25, -0.2) is 4.98 Å². The summed E-state index contributed by atoms with van der Waals surface area (Å²) in [5.74, 6) is 0.443. The Balaban J connectivity index is 2.87. The first-order valence-corrected chi connectivity index (χ1v) is 7.91. The number of aromatic nitrogens is 2. The zero-order valence-electron chi connectivity index (χ0n) is 10.0. The van der Waals surface area contributed by atoms with Crippen LogP contribution in [0, 0.1) is 0 Å². The zero-order valence-corrected chi connectivity index (χ0v) is 11.0. The molecule has 0 atom stereocenters. The first-order chi connectivity index (χ1) is 6.72. The summed E-state index contributed by atoms with van der Waals surface area (Å²) >= 11 is 0. The van der Waals surface area contributed by atoms with Crippen molar-refractivity contribution in [1.29, 1.82) is 0 Å². The van der Waals surface area contributed by atoms with Gasteiger partial charge in [0, 0.05) is 6.20 Å². The predicted molar refractivity (Wildman–Crippen MR) is 64.3 cm³/mol. The largest absolute Gasteiger partial charge is 0.517 e. The smallest absolute Gasteiger partial charge is 0.304 e. The van der Waals surface area contributed by atoms with Gasteiger partial charge < -0.3 is 10.2 Å². The van der Waals surface area contributed by atoms with Crippen LogP contribution in [0.1, 0.15) is 20.8 Å². The summed E-state index contributed by atoms with van der Waals surface area (Å²) in [5, 5.41) is 0.140. The van der Waals surface area contributed by atoms with E-state index >= 15 is 0 Å². The van der Waals surface area contributed by atoms with Crippen molar-refractivity contribution < 1.29 is 4.43 Å². The van der Waals surface area contributed by atoms with Crippen LogP contribution < -0.4 is 10.2 Å². The topological polar surface area (TPSA) is 61.0 Å². The molecule has 1 aromatic heterocycles.